The van der Waals surface area contributed by atoms with Gasteiger partial charge in [-0.15, -0.1) is 0 Å². The number of nitrogens with one attached hydrogen (secondary N) is 2. The molecule has 0 bridgehead atoms. The monoisotopic (exact) mass is 296 g/mol. The summed E-state index contributed by atoms with van der Waals surface area (Å²) in [5, 5.41) is 6.09. The lowest BCUT2D eigenvalue weighted by molar-refractivity contribution is -0.125. The van der Waals surface area contributed by atoms with Crippen molar-refractivity contribution in [2.24, 2.45) is 5.92 Å². The van der Waals surface area contributed by atoms with Crippen molar-refractivity contribution in [2.75, 3.05) is 13.6 Å². The molecule has 0 saturated heterocycles. The van der Waals surface area contributed by atoms with E-state index in [0.717, 1.165) is 5.56 Å². The SMILES string of the molecule is CNCC(C)C(=O)NC(C)c1ccc(-c2ccccc2)cc1. The van der Waals surface area contributed by atoms with Crippen LogP contribution in [-0.2, 0) is 4.79 Å². The summed E-state index contributed by atoms with van der Waals surface area (Å²) in [6.07, 6.45) is 0. The van der Waals surface area contributed by atoms with Crippen LogP contribution in [0.3, 0.4) is 0 Å². The van der Waals surface area contributed by atoms with Gasteiger partial charge in [-0.2, -0.15) is 0 Å². The molecule has 2 N–H and O–H groups in total. The molecule has 0 heterocycles. The highest BCUT2D eigenvalue weighted by Crippen LogP contribution is 2.21. The van der Waals surface area contributed by atoms with Crippen molar-refractivity contribution in [3.8, 4) is 11.1 Å². The smallest absolute Gasteiger partial charge is 0.224 e. The highest BCUT2D eigenvalue weighted by atomic mass is 16.1. The van der Waals surface area contributed by atoms with Crippen LogP contribution in [0.4, 0.5) is 0 Å². The van der Waals surface area contributed by atoms with Crippen LogP contribution in [0.5, 0.6) is 0 Å². The Morgan fingerprint density at radius 2 is 1.55 bits per heavy atom. The summed E-state index contributed by atoms with van der Waals surface area (Å²) < 4.78 is 0. The zero-order valence-corrected chi connectivity index (χ0v) is 13.5. The second kappa shape index (κ2) is 7.76. The molecule has 22 heavy (non-hydrogen) atoms. The van der Waals surface area contributed by atoms with Crippen molar-refractivity contribution in [3.05, 3.63) is 60.2 Å². The molecule has 0 fully saturated rings. The summed E-state index contributed by atoms with van der Waals surface area (Å²) in [5.41, 5.74) is 3.50. The minimum absolute atomic E-state index is 0.0108. The van der Waals surface area contributed by atoms with E-state index in [1.807, 2.05) is 39.1 Å². The molecule has 2 atom stereocenters. The molecule has 0 spiro atoms. The van der Waals surface area contributed by atoms with Gasteiger partial charge in [0.15, 0.2) is 0 Å². The molecule has 0 aliphatic rings. The van der Waals surface area contributed by atoms with Crippen molar-refractivity contribution in [2.45, 2.75) is 19.9 Å². The number of benzene rings is 2. The lowest BCUT2D eigenvalue weighted by Gasteiger charge is -2.18. The molecule has 0 saturated carbocycles. The van der Waals surface area contributed by atoms with E-state index >= 15 is 0 Å². The Morgan fingerprint density at radius 1 is 0.955 bits per heavy atom. The quantitative estimate of drug-likeness (QED) is 0.858. The zero-order valence-electron chi connectivity index (χ0n) is 13.5. The molecule has 2 rings (SSSR count). The molecule has 2 aromatic carbocycles. The summed E-state index contributed by atoms with van der Waals surface area (Å²) in [6, 6.07) is 18.7. The number of carbonyl (C=O) groups is 1. The molecule has 0 aliphatic heterocycles. The number of hydrogen-bond acceptors (Lipinski definition) is 2. The first kappa shape index (κ1) is 16.2. The lowest BCUT2D eigenvalue weighted by Crippen LogP contribution is -2.35. The van der Waals surface area contributed by atoms with Gasteiger partial charge in [0, 0.05) is 12.5 Å². The van der Waals surface area contributed by atoms with Crippen LogP contribution >= 0.6 is 0 Å². The van der Waals surface area contributed by atoms with Gasteiger partial charge < -0.3 is 10.6 Å². The van der Waals surface area contributed by atoms with Gasteiger partial charge in [0.05, 0.1) is 6.04 Å². The van der Waals surface area contributed by atoms with E-state index in [-0.39, 0.29) is 17.9 Å². The fourth-order valence-corrected chi connectivity index (χ4v) is 2.43. The average Bonchev–Trinajstić information content (AvgIpc) is 2.56. The van der Waals surface area contributed by atoms with Crippen LogP contribution in [0, 0.1) is 5.92 Å². The minimum atomic E-state index is -0.0314. The van der Waals surface area contributed by atoms with E-state index < -0.39 is 0 Å². The van der Waals surface area contributed by atoms with E-state index in [4.69, 9.17) is 0 Å². The fourth-order valence-electron chi connectivity index (χ4n) is 2.43. The first-order valence-electron chi connectivity index (χ1n) is 7.72. The molecule has 0 aliphatic carbocycles. The second-order valence-electron chi connectivity index (χ2n) is 5.68. The maximum Gasteiger partial charge on any atom is 0.224 e. The molecule has 3 nitrogen and oxygen atoms in total. The Labute approximate surface area is 132 Å². The predicted octanol–water partition coefficient (Wildman–Crippen LogP) is 3.39. The normalized spacial score (nSPS) is 13.4. The zero-order chi connectivity index (χ0) is 15.9. The van der Waals surface area contributed by atoms with Crippen molar-refractivity contribution < 1.29 is 4.79 Å². The molecule has 116 valence electrons. The average molecular weight is 296 g/mol. The van der Waals surface area contributed by atoms with Crippen LogP contribution < -0.4 is 10.6 Å². The largest absolute Gasteiger partial charge is 0.349 e. The summed E-state index contributed by atoms with van der Waals surface area (Å²) >= 11 is 0. The third-order valence-corrected chi connectivity index (χ3v) is 3.83. The summed E-state index contributed by atoms with van der Waals surface area (Å²) in [6.45, 7) is 4.63. The van der Waals surface area contributed by atoms with E-state index in [1.54, 1.807) is 0 Å². The van der Waals surface area contributed by atoms with Crippen LogP contribution in [0.15, 0.2) is 54.6 Å². The van der Waals surface area contributed by atoms with Crippen molar-refractivity contribution in [3.63, 3.8) is 0 Å². The van der Waals surface area contributed by atoms with Gasteiger partial charge in [0.2, 0.25) is 5.91 Å². The Hall–Kier alpha value is -2.13. The number of hydrogen-bond donors (Lipinski definition) is 2. The van der Waals surface area contributed by atoms with Gasteiger partial charge >= 0.3 is 0 Å². The summed E-state index contributed by atoms with van der Waals surface area (Å²) in [7, 11) is 1.86. The molecular formula is C19H24N2O. The van der Waals surface area contributed by atoms with Gasteiger partial charge in [-0.3, -0.25) is 4.79 Å². The van der Waals surface area contributed by atoms with E-state index in [0.29, 0.717) is 6.54 Å². The summed E-state index contributed by atoms with van der Waals surface area (Å²) in [5.74, 6) is 0.0463. The van der Waals surface area contributed by atoms with Gasteiger partial charge in [-0.05, 0) is 30.7 Å². The highest BCUT2D eigenvalue weighted by molar-refractivity contribution is 5.79. The maximum absolute atomic E-state index is 12.1. The van der Waals surface area contributed by atoms with Gasteiger partial charge in [0.1, 0.15) is 0 Å². The van der Waals surface area contributed by atoms with Crippen LogP contribution in [-0.4, -0.2) is 19.5 Å². The van der Waals surface area contributed by atoms with Crippen LogP contribution in [0.2, 0.25) is 0 Å². The second-order valence-corrected chi connectivity index (χ2v) is 5.68. The van der Waals surface area contributed by atoms with Crippen molar-refractivity contribution in [1.29, 1.82) is 0 Å². The predicted molar refractivity (Wildman–Crippen MR) is 91.5 cm³/mol. The first-order valence-corrected chi connectivity index (χ1v) is 7.72. The Bertz CT molecular complexity index is 593. The molecule has 3 heteroatoms. The molecular weight excluding hydrogens is 272 g/mol. The van der Waals surface area contributed by atoms with Gasteiger partial charge in [0.25, 0.3) is 0 Å². The fraction of sp³-hybridized carbons (Fsp3) is 0.316. The third kappa shape index (κ3) is 4.18. The minimum Gasteiger partial charge on any atom is -0.349 e. The van der Waals surface area contributed by atoms with E-state index in [1.165, 1.54) is 11.1 Å². The summed E-state index contributed by atoms with van der Waals surface area (Å²) in [4.78, 5) is 12.1. The van der Waals surface area contributed by atoms with E-state index in [9.17, 15) is 4.79 Å². The topological polar surface area (TPSA) is 41.1 Å². The van der Waals surface area contributed by atoms with Crippen molar-refractivity contribution >= 4 is 5.91 Å². The Balaban J connectivity index is 2.02. The maximum atomic E-state index is 12.1. The molecule has 0 aromatic heterocycles. The van der Waals surface area contributed by atoms with Gasteiger partial charge in [-0.25, -0.2) is 0 Å². The van der Waals surface area contributed by atoms with Crippen LogP contribution in [0.1, 0.15) is 25.5 Å². The third-order valence-electron chi connectivity index (χ3n) is 3.83. The standard InChI is InChI=1S/C19H24N2O/c1-14(13-20-3)19(22)21-15(2)16-9-11-18(12-10-16)17-7-5-4-6-8-17/h4-12,14-15,20H,13H2,1-3H3,(H,21,22). The van der Waals surface area contributed by atoms with Crippen molar-refractivity contribution in [1.82, 2.24) is 10.6 Å². The number of amides is 1. The Kier molecular flexibility index (Phi) is 5.73. The molecule has 2 aromatic rings. The number of carbonyl (C=O) groups excluding carboxylic acids is 1. The first-order chi connectivity index (χ1) is 10.6. The Morgan fingerprint density at radius 3 is 2.14 bits per heavy atom. The lowest BCUT2D eigenvalue weighted by atomic mass is 10.0. The number of rotatable bonds is 6. The molecule has 1 amide bonds. The van der Waals surface area contributed by atoms with Crippen LogP contribution in [0.25, 0.3) is 11.1 Å². The van der Waals surface area contributed by atoms with E-state index in [2.05, 4.69) is 47.0 Å². The molecule has 2 unspecified atom stereocenters. The highest BCUT2D eigenvalue weighted by Gasteiger charge is 2.15. The molecule has 0 radical (unpaired) electrons. The van der Waals surface area contributed by atoms with Gasteiger partial charge in [-0.1, -0.05) is 61.5 Å².